The highest BCUT2D eigenvalue weighted by molar-refractivity contribution is 6.33. The number of urea groups is 1. The van der Waals surface area contributed by atoms with Crippen molar-refractivity contribution in [3.05, 3.63) is 41.0 Å². The van der Waals surface area contributed by atoms with E-state index < -0.39 is 0 Å². The van der Waals surface area contributed by atoms with E-state index in [1.54, 1.807) is 17.0 Å². The van der Waals surface area contributed by atoms with E-state index in [2.05, 4.69) is 10.5 Å². The van der Waals surface area contributed by atoms with Crippen LogP contribution in [-0.2, 0) is 11.3 Å². The van der Waals surface area contributed by atoms with Gasteiger partial charge in [0.25, 0.3) is 0 Å². The number of hydrogen-bond donors (Lipinski definition) is 1. The third kappa shape index (κ3) is 4.77. The molecule has 0 saturated carbocycles. The van der Waals surface area contributed by atoms with Gasteiger partial charge in [0, 0.05) is 31.3 Å². The summed E-state index contributed by atoms with van der Waals surface area (Å²) in [5.74, 6) is 0.586. The molecule has 1 aliphatic rings. The van der Waals surface area contributed by atoms with E-state index in [1.807, 2.05) is 25.1 Å². The standard InChI is InChI=1S/C19H24ClN3O3/c1-2-23(13-15-7-5-6-10-25-15)19(24)21-12-14-11-18(26-22-14)16-8-3-4-9-17(16)20/h3-4,8-9,11,15H,2,5-7,10,12-13H2,1H3,(H,21,24)/t15-/m0/s1. The first-order valence-electron chi connectivity index (χ1n) is 9.02. The van der Waals surface area contributed by atoms with Gasteiger partial charge < -0.3 is 19.5 Å². The first kappa shape index (κ1) is 18.7. The van der Waals surface area contributed by atoms with E-state index in [1.165, 1.54) is 0 Å². The second-order valence-electron chi connectivity index (χ2n) is 6.35. The number of halogens is 1. The summed E-state index contributed by atoms with van der Waals surface area (Å²) in [5.41, 5.74) is 1.43. The average Bonchev–Trinajstić information content (AvgIpc) is 3.14. The van der Waals surface area contributed by atoms with Crippen molar-refractivity contribution in [2.45, 2.75) is 38.8 Å². The van der Waals surface area contributed by atoms with Crippen LogP contribution >= 0.6 is 11.6 Å². The molecule has 0 aliphatic carbocycles. The summed E-state index contributed by atoms with van der Waals surface area (Å²) < 4.78 is 11.1. The van der Waals surface area contributed by atoms with Crippen molar-refractivity contribution in [2.75, 3.05) is 19.7 Å². The Morgan fingerprint density at radius 2 is 2.23 bits per heavy atom. The predicted octanol–water partition coefficient (Wildman–Crippen LogP) is 4.10. The Labute approximate surface area is 158 Å². The maximum atomic E-state index is 12.4. The lowest BCUT2D eigenvalue weighted by Crippen LogP contribution is -2.44. The smallest absolute Gasteiger partial charge is 0.317 e. The van der Waals surface area contributed by atoms with Crippen molar-refractivity contribution in [1.29, 1.82) is 0 Å². The lowest BCUT2D eigenvalue weighted by atomic mass is 10.1. The molecule has 0 spiro atoms. The maximum Gasteiger partial charge on any atom is 0.317 e. The molecule has 1 N–H and O–H groups in total. The van der Waals surface area contributed by atoms with Crippen molar-refractivity contribution in [1.82, 2.24) is 15.4 Å². The monoisotopic (exact) mass is 377 g/mol. The molecule has 0 bridgehead atoms. The number of carbonyl (C=O) groups is 1. The molecule has 1 fully saturated rings. The average molecular weight is 378 g/mol. The second kappa shape index (κ2) is 9.05. The molecule has 7 heteroatoms. The fraction of sp³-hybridized carbons (Fsp3) is 0.474. The number of nitrogens with one attached hydrogen (secondary N) is 1. The minimum atomic E-state index is -0.121. The van der Waals surface area contributed by atoms with Gasteiger partial charge >= 0.3 is 6.03 Å². The van der Waals surface area contributed by atoms with Gasteiger partial charge in [-0.2, -0.15) is 0 Å². The van der Waals surface area contributed by atoms with Gasteiger partial charge in [-0.15, -0.1) is 0 Å². The summed E-state index contributed by atoms with van der Waals surface area (Å²) >= 11 is 6.17. The van der Waals surface area contributed by atoms with Crippen LogP contribution in [0.2, 0.25) is 5.02 Å². The highest BCUT2D eigenvalue weighted by Crippen LogP contribution is 2.27. The van der Waals surface area contributed by atoms with Crippen LogP contribution in [0.5, 0.6) is 0 Å². The van der Waals surface area contributed by atoms with E-state index in [0.29, 0.717) is 36.1 Å². The number of likely N-dealkylation sites (N-methyl/N-ethyl adjacent to an activating group) is 1. The van der Waals surface area contributed by atoms with E-state index in [0.717, 1.165) is 31.4 Å². The summed E-state index contributed by atoms with van der Waals surface area (Å²) in [6, 6.07) is 9.09. The van der Waals surface area contributed by atoms with Gasteiger partial charge in [0.05, 0.1) is 17.7 Å². The topological polar surface area (TPSA) is 67.6 Å². The number of rotatable bonds is 6. The molecule has 140 valence electrons. The summed E-state index contributed by atoms with van der Waals surface area (Å²) in [4.78, 5) is 14.2. The Balaban J connectivity index is 1.54. The second-order valence-corrected chi connectivity index (χ2v) is 6.76. The number of amides is 2. The Morgan fingerprint density at radius 1 is 1.38 bits per heavy atom. The van der Waals surface area contributed by atoms with Gasteiger partial charge in [0.2, 0.25) is 0 Å². The predicted molar refractivity (Wildman–Crippen MR) is 100 cm³/mol. The van der Waals surface area contributed by atoms with Gasteiger partial charge in [-0.1, -0.05) is 28.9 Å². The van der Waals surface area contributed by atoms with Crippen LogP contribution in [0.1, 0.15) is 31.9 Å². The van der Waals surface area contributed by atoms with E-state index in [4.69, 9.17) is 20.9 Å². The Kier molecular flexibility index (Phi) is 6.52. The van der Waals surface area contributed by atoms with Crippen LogP contribution in [0.25, 0.3) is 11.3 Å². The minimum absolute atomic E-state index is 0.121. The zero-order valence-electron chi connectivity index (χ0n) is 14.9. The molecule has 0 radical (unpaired) electrons. The highest BCUT2D eigenvalue weighted by atomic mass is 35.5. The molecule has 6 nitrogen and oxygen atoms in total. The van der Waals surface area contributed by atoms with Crippen LogP contribution in [0.4, 0.5) is 4.79 Å². The third-order valence-electron chi connectivity index (χ3n) is 4.49. The van der Waals surface area contributed by atoms with E-state index in [-0.39, 0.29) is 12.1 Å². The first-order valence-corrected chi connectivity index (χ1v) is 9.40. The van der Waals surface area contributed by atoms with Crippen LogP contribution in [0.15, 0.2) is 34.9 Å². The lowest BCUT2D eigenvalue weighted by Gasteiger charge is -2.29. The van der Waals surface area contributed by atoms with Crippen molar-refractivity contribution >= 4 is 17.6 Å². The van der Waals surface area contributed by atoms with Gasteiger partial charge in [0.1, 0.15) is 5.69 Å². The van der Waals surface area contributed by atoms with Crippen molar-refractivity contribution < 1.29 is 14.1 Å². The zero-order chi connectivity index (χ0) is 18.4. The van der Waals surface area contributed by atoms with Gasteiger partial charge in [-0.3, -0.25) is 0 Å². The summed E-state index contributed by atoms with van der Waals surface area (Å²) in [7, 11) is 0. The normalized spacial score (nSPS) is 17.1. The quantitative estimate of drug-likeness (QED) is 0.823. The Hall–Kier alpha value is -2.05. The molecule has 2 amide bonds. The van der Waals surface area contributed by atoms with Crippen molar-refractivity contribution in [3.63, 3.8) is 0 Å². The number of ether oxygens (including phenoxy) is 1. The van der Waals surface area contributed by atoms with Gasteiger partial charge in [0.15, 0.2) is 5.76 Å². The van der Waals surface area contributed by atoms with Gasteiger partial charge in [-0.25, -0.2) is 4.79 Å². The third-order valence-corrected chi connectivity index (χ3v) is 4.82. The molecule has 2 aromatic rings. The molecule has 1 aliphatic heterocycles. The molecule has 0 unspecified atom stereocenters. The largest absolute Gasteiger partial charge is 0.376 e. The van der Waals surface area contributed by atoms with Gasteiger partial charge in [-0.05, 0) is 38.3 Å². The molecule has 1 atom stereocenters. The van der Waals surface area contributed by atoms with E-state index in [9.17, 15) is 4.79 Å². The molecule has 3 rings (SSSR count). The first-order chi connectivity index (χ1) is 12.7. The SMILES string of the molecule is CCN(C[C@@H]1CCCCO1)C(=O)NCc1cc(-c2ccccc2Cl)on1. The van der Waals surface area contributed by atoms with Crippen LogP contribution in [0, 0.1) is 0 Å². The number of carbonyl (C=O) groups excluding carboxylic acids is 1. The lowest BCUT2D eigenvalue weighted by molar-refractivity contribution is 0.00131. The molecule has 1 aromatic heterocycles. The van der Waals surface area contributed by atoms with Crippen LogP contribution in [-0.4, -0.2) is 41.9 Å². The van der Waals surface area contributed by atoms with Crippen LogP contribution in [0.3, 0.4) is 0 Å². The molecular weight excluding hydrogens is 354 g/mol. The fourth-order valence-electron chi connectivity index (χ4n) is 3.01. The van der Waals surface area contributed by atoms with E-state index >= 15 is 0 Å². The molecule has 1 aromatic carbocycles. The van der Waals surface area contributed by atoms with Crippen molar-refractivity contribution in [3.8, 4) is 11.3 Å². The molecule has 26 heavy (non-hydrogen) atoms. The number of nitrogens with zero attached hydrogens (tertiary/aromatic N) is 2. The molecule has 1 saturated heterocycles. The van der Waals surface area contributed by atoms with Crippen molar-refractivity contribution in [2.24, 2.45) is 0 Å². The van der Waals surface area contributed by atoms with Crippen LogP contribution < -0.4 is 5.32 Å². The molecule has 2 heterocycles. The minimum Gasteiger partial charge on any atom is -0.376 e. The summed E-state index contributed by atoms with van der Waals surface area (Å²) in [6.07, 6.45) is 3.41. The fourth-order valence-corrected chi connectivity index (χ4v) is 3.24. The maximum absolute atomic E-state index is 12.4. The number of aromatic nitrogens is 1. The molecular formula is C19H24ClN3O3. The number of hydrogen-bond acceptors (Lipinski definition) is 4. The Morgan fingerprint density at radius 3 is 2.96 bits per heavy atom. The Bertz CT molecular complexity index is 728. The highest BCUT2D eigenvalue weighted by Gasteiger charge is 2.20. The number of benzene rings is 1. The summed E-state index contributed by atoms with van der Waals surface area (Å²) in [6.45, 7) is 4.30. The zero-order valence-corrected chi connectivity index (χ0v) is 15.7. The summed E-state index contributed by atoms with van der Waals surface area (Å²) in [5, 5.41) is 7.51.